The molecule has 0 aliphatic heterocycles. The van der Waals surface area contributed by atoms with Gasteiger partial charge < -0.3 is 4.90 Å². The van der Waals surface area contributed by atoms with Crippen LogP contribution in [-0.2, 0) is 9.59 Å². The normalized spacial score (nSPS) is 9.90. The molecule has 0 saturated heterocycles. The summed E-state index contributed by atoms with van der Waals surface area (Å²) in [5.41, 5.74) is 0. The van der Waals surface area contributed by atoms with Crippen molar-refractivity contribution in [1.29, 1.82) is 0 Å². The van der Waals surface area contributed by atoms with Gasteiger partial charge in [0.05, 0.1) is 0 Å². The lowest BCUT2D eigenvalue weighted by atomic mass is 10.5. The van der Waals surface area contributed by atoms with Crippen LogP contribution in [0.3, 0.4) is 0 Å². The fourth-order valence-corrected chi connectivity index (χ4v) is 0.349. The van der Waals surface area contributed by atoms with Crippen LogP contribution in [0.1, 0.15) is 0 Å². The summed E-state index contributed by atoms with van der Waals surface area (Å²) in [6.07, 6.45) is 2.14. The number of hydrogen-bond acceptors (Lipinski definition) is 2. The number of likely N-dealkylation sites (N-methyl/N-ethyl adjacent to an activating group) is 1. The zero-order chi connectivity index (χ0) is 8.15. The Balaban J connectivity index is 3.90. The first-order valence-electron chi connectivity index (χ1n) is 2.63. The van der Waals surface area contributed by atoms with Gasteiger partial charge >= 0.3 is 0 Å². The molecule has 4 heteroatoms. The van der Waals surface area contributed by atoms with Crippen molar-refractivity contribution in [2.45, 2.75) is 0 Å². The van der Waals surface area contributed by atoms with Crippen molar-refractivity contribution < 1.29 is 9.59 Å². The lowest BCUT2D eigenvalue weighted by Gasteiger charge is -2.03. The Hall–Kier alpha value is -0.830. The second-order valence-corrected chi connectivity index (χ2v) is 2.24. The highest BCUT2D eigenvalue weighted by Crippen LogP contribution is 1.85. The van der Waals surface area contributed by atoms with E-state index in [-0.39, 0.29) is 5.91 Å². The molecule has 3 nitrogen and oxygen atoms in total. The third-order valence-corrected chi connectivity index (χ3v) is 0.924. The zero-order valence-electron chi connectivity index (χ0n) is 5.80. The number of amides is 1. The molecule has 0 aromatic carbocycles. The number of carbonyl (C=O) groups excluding carboxylic acids is 2. The van der Waals surface area contributed by atoms with Gasteiger partial charge in [0.1, 0.15) is 0 Å². The van der Waals surface area contributed by atoms with Crippen LogP contribution >= 0.6 is 11.6 Å². The number of nitrogens with zero attached hydrogens (tertiary/aromatic N) is 1. The van der Waals surface area contributed by atoms with E-state index in [0.717, 1.165) is 12.2 Å². The first-order chi connectivity index (χ1) is 4.54. The quantitative estimate of drug-likeness (QED) is 0.434. The Morgan fingerprint density at radius 1 is 1.30 bits per heavy atom. The topological polar surface area (TPSA) is 37.4 Å². The monoisotopic (exact) mass is 161 g/mol. The molecule has 0 fully saturated rings. The molecular weight excluding hydrogens is 154 g/mol. The molecule has 56 valence electrons. The van der Waals surface area contributed by atoms with Gasteiger partial charge in [-0.15, -0.1) is 0 Å². The SMILES string of the molecule is CN(C)C(=O)C=CC(=O)Cl. The van der Waals surface area contributed by atoms with E-state index in [0.29, 0.717) is 0 Å². The number of halogens is 1. The summed E-state index contributed by atoms with van der Waals surface area (Å²) in [5.74, 6) is -0.256. The van der Waals surface area contributed by atoms with Crippen molar-refractivity contribution in [3.05, 3.63) is 12.2 Å². The molecule has 0 atom stereocenters. The Labute approximate surface area is 64.3 Å². The van der Waals surface area contributed by atoms with Gasteiger partial charge in [0, 0.05) is 26.2 Å². The number of rotatable bonds is 2. The van der Waals surface area contributed by atoms with E-state index in [9.17, 15) is 9.59 Å². The van der Waals surface area contributed by atoms with Crippen LogP contribution in [0.2, 0.25) is 0 Å². The molecule has 0 aromatic rings. The largest absolute Gasteiger partial charge is 0.345 e. The van der Waals surface area contributed by atoms with Crippen molar-refractivity contribution >= 4 is 22.8 Å². The van der Waals surface area contributed by atoms with Gasteiger partial charge in [-0.1, -0.05) is 0 Å². The third-order valence-electron chi connectivity index (χ3n) is 0.798. The minimum atomic E-state index is -0.643. The summed E-state index contributed by atoms with van der Waals surface area (Å²) in [6.45, 7) is 0. The van der Waals surface area contributed by atoms with Crippen LogP contribution < -0.4 is 0 Å². The van der Waals surface area contributed by atoms with Crippen LogP contribution in [-0.4, -0.2) is 30.1 Å². The highest BCUT2D eigenvalue weighted by Gasteiger charge is 1.96. The molecule has 0 unspecified atom stereocenters. The molecule has 0 radical (unpaired) electrons. The Kier molecular flexibility index (Phi) is 3.72. The van der Waals surface area contributed by atoms with Gasteiger partial charge in [-0.2, -0.15) is 0 Å². The van der Waals surface area contributed by atoms with Crippen LogP contribution in [0.15, 0.2) is 12.2 Å². The lowest BCUT2D eigenvalue weighted by Crippen LogP contribution is -2.18. The standard InChI is InChI=1S/C6H8ClNO2/c1-8(2)6(10)4-3-5(7)9/h3-4H,1-2H3. The first kappa shape index (κ1) is 9.17. The second kappa shape index (κ2) is 4.06. The molecule has 0 rings (SSSR count). The maximum atomic E-state index is 10.7. The van der Waals surface area contributed by atoms with E-state index in [1.807, 2.05) is 0 Å². The highest BCUT2D eigenvalue weighted by atomic mass is 35.5. The molecule has 0 heterocycles. The van der Waals surface area contributed by atoms with Gasteiger partial charge in [0.2, 0.25) is 11.1 Å². The van der Waals surface area contributed by atoms with Crippen molar-refractivity contribution in [2.75, 3.05) is 14.1 Å². The van der Waals surface area contributed by atoms with Gasteiger partial charge in [-0.25, -0.2) is 0 Å². The maximum Gasteiger partial charge on any atom is 0.246 e. The van der Waals surface area contributed by atoms with Crippen LogP contribution in [0.25, 0.3) is 0 Å². The van der Waals surface area contributed by atoms with Gasteiger partial charge in [0.25, 0.3) is 0 Å². The fraction of sp³-hybridized carbons (Fsp3) is 0.333. The summed E-state index contributed by atoms with van der Waals surface area (Å²) in [4.78, 5) is 22.1. The predicted molar refractivity (Wildman–Crippen MR) is 38.7 cm³/mol. The van der Waals surface area contributed by atoms with E-state index in [4.69, 9.17) is 11.6 Å². The molecule has 10 heavy (non-hydrogen) atoms. The first-order valence-corrected chi connectivity index (χ1v) is 3.00. The lowest BCUT2D eigenvalue weighted by molar-refractivity contribution is -0.123. The van der Waals surface area contributed by atoms with Gasteiger partial charge in [-0.05, 0) is 11.6 Å². The molecule has 0 spiro atoms. The summed E-state index contributed by atoms with van der Waals surface area (Å²) in [6, 6.07) is 0. The van der Waals surface area contributed by atoms with Crippen molar-refractivity contribution in [3.63, 3.8) is 0 Å². The molecule has 0 aliphatic carbocycles. The molecule has 0 aromatic heterocycles. The average molecular weight is 162 g/mol. The summed E-state index contributed by atoms with van der Waals surface area (Å²) < 4.78 is 0. The van der Waals surface area contributed by atoms with Crippen molar-refractivity contribution in [3.8, 4) is 0 Å². The van der Waals surface area contributed by atoms with Crippen LogP contribution in [0.4, 0.5) is 0 Å². The predicted octanol–water partition coefficient (Wildman–Crippen LogP) is 0.396. The highest BCUT2D eigenvalue weighted by molar-refractivity contribution is 6.66. The van der Waals surface area contributed by atoms with Crippen LogP contribution in [0, 0.1) is 0 Å². The maximum absolute atomic E-state index is 10.7. The third kappa shape index (κ3) is 4.09. The summed E-state index contributed by atoms with van der Waals surface area (Å²) >= 11 is 4.93. The van der Waals surface area contributed by atoms with E-state index < -0.39 is 5.24 Å². The van der Waals surface area contributed by atoms with Crippen molar-refractivity contribution in [1.82, 2.24) is 4.90 Å². The van der Waals surface area contributed by atoms with E-state index in [2.05, 4.69) is 0 Å². The fourth-order valence-electron chi connectivity index (χ4n) is 0.286. The van der Waals surface area contributed by atoms with Crippen molar-refractivity contribution in [2.24, 2.45) is 0 Å². The summed E-state index contributed by atoms with van der Waals surface area (Å²) in [7, 11) is 3.18. The Bertz CT molecular complexity index is 175. The number of carbonyl (C=O) groups is 2. The molecular formula is C6H8ClNO2. The summed E-state index contributed by atoms with van der Waals surface area (Å²) in [5, 5.41) is -0.643. The minimum Gasteiger partial charge on any atom is -0.345 e. The smallest absolute Gasteiger partial charge is 0.246 e. The molecule has 0 bridgehead atoms. The average Bonchev–Trinajstić information content (AvgIpc) is 1.82. The van der Waals surface area contributed by atoms with Crippen LogP contribution in [0.5, 0.6) is 0 Å². The molecule has 1 amide bonds. The number of allylic oxidation sites excluding steroid dienone is 1. The molecule has 0 aliphatic rings. The van der Waals surface area contributed by atoms with Gasteiger partial charge in [-0.3, -0.25) is 9.59 Å². The minimum absolute atomic E-state index is 0.256. The number of hydrogen-bond donors (Lipinski definition) is 0. The van der Waals surface area contributed by atoms with Gasteiger partial charge in [0.15, 0.2) is 0 Å². The molecule has 0 saturated carbocycles. The second-order valence-electron chi connectivity index (χ2n) is 1.87. The Morgan fingerprint density at radius 2 is 1.80 bits per heavy atom. The molecule has 0 N–H and O–H groups in total. The zero-order valence-corrected chi connectivity index (χ0v) is 6.55. The Morgan fingerprint density at radius 3 is 2.10 bits per heavy atom. The van der Waals surface area contributed by atoms with E-state index in [1.165, 1.54) is 4.90 Å². The van der Waals surface area contributed by atoms with E-state index >= 15 is 0 Å². The van der Waals surface area contributed by atoms with E-state index in [1.54, 1.807) is 14.1 Å².